The highest BCUT2D eigenvalue weighted by molar-refractivity contribution is 5.87. The molecule has 2 N–H and O–H groups in total. The van der Waals surface area contributed by atoms with Crippen molar-refractivity contribution in [2.24, 2.45) is 7.05 Å². The zero-order valence-electron chi connectivity index (χ0n) is 17.6. The molecule has 0 amide bonds. The zero-order chi connectivity index (χ0) is 21.4. The molecule has 5 heteroatoms. The second kappa shape index (κ2) is 7.85. The predicted molar refractivity (Wildman–Crippen MR) is 124 cm³/mol. The van der Waals surface area contributed by atoms with Crippen LogP contribution in [0.1, 0.15) is 28.7 Å². The first-order valence-electron chi connectivity index (χ1n) is 10.4. The smallest absolute Gasteiger partial charge is 0.141 e. The Morgan fingerprint density at radius 1 is 0.903 bits per heavy atom. The standard InChI is InChI=1S/C26H24N4O/c1-17-12-14-20-19(13-15-23(31)25(20)28-17)16-27-24(18-8-4-3-5-9-18)26-29-21-10-6-7-11-22(21)30(26)2/h3-15,24,27,31H,16H2,1-2H3/t24-/m0/s1. The van der Waals surface area contributed by atoms with Crippen LogP contribution in [-0.2, 0) is 13.6 Å². The van der Waals surface area contributed by atoms with Gasteiger partial charge in [-0.1, -0.05) is 54.6 Å². The summed E-state index contributed by atoms with van der Waals surface area (Å²) in [5, 5.41) is 14.9. The van der Waals surface area contributed by atoms with Crippen LogP contribution in [0.4, 0.5) is 0 Å². The highest BCUT2D eigenvalue weighted by Gasteiger charge is 2.20. The Balaban J connectivity index is 1.56. The molecule has 0 aliphatic heterocycles. The lowest BCUT2D eigenvalue weighted by molar-refractivity contribution is 0.480. The number of rotatable bonds is 5. The number of benzene rings is 3. The van der Waals surface area contributed by atoms with Crippen LogP contribution in [0, 0.1) is 6.92 Å². The van der Waals surface area contributed by atoms with Gasteiger partial charge in [0, 0.05) is 24.7 Å². The van der Waals surface area contributed by atoms with Gasteiger partial charge >= 0.3 is 0 Å². The molecular formula is C26H24N4O. The van der Waals surface area contributed by atoms with Crippen LogP contribution in [0.2, 0.25) is 0 Å². The van der Waals surface area contributed by atoms with Crippen molar-refractivity contribution < 1.29 is 5.11 Å². The number of phenols is 1. The lowest BCUT2D eigenvalue weighted by Crippen LogP contribution is -2.25. The van der Waals surface area contributed by atoms with E-state index in [0.29, 0.717) is 12.1 Å². The van der Waals surface area contributed by atoms with E-state index in [-0.39, 0.29) is 11.8 Å². The fraction of sp³-hybridized carbons (Fsp3) is 0.154. The summed E-state index contributed by atoms with van der Waals surface area (Å²) >= 11 is 0. The second-order valence-corrected chi connectivity index (χ2v) is 7.83. The molecule has 5 aromatic rings. The topological polar surface area (TPSA) is 63.0 Å². The molecule has 0 unspecified atom stereocenters. The minimum absolute atomic E-state index is 0.0825. The minimum Gasteiger partial charge on any atom is -0.506 e. The van der Waals surface area contributed by atoms with Gasteiger partial charge in [0.05, 0.1) is 17.1 Å². The highest BCUT2D eigenvalue weighted by Crippen LogP contribution is 2.29. The number of imidazole rings is 1. The number of aromatic nitrogens is 3. The lowest BCUT2D eigenvalue weighted by atomic mass is 10.0. The zero-order valence-corrected chi connectivity index (χ0v) is 17.6. The molecule has 5 rings (SSSR count). The van der Waals surface area contributed by atoms with Gasteiger partial charge in [-0.05, 0) is 42.3 Å². The number of aryl methyl sites for hydroxylation is 2. The number of nitrogens with one attached hydrogen (secondary N) is 1. The van der Waals surface area contributed by atoms with Crippen LogP contribution in [0.3, 0.4) is 0 Å². The van der Waals surface area contributed by atoms with Crippen LogP contribution < -0.4 is 5.32 Å². The highest BCUT2D eigenvalue weighted by atomic mass is 16.3. The Morgan fingerprint density at radius 2 is 1.68 bits per heavy atom. The second-order valence-electron chi connectivity index (χ2n) is 7.83. The van der Waals surface area contributed by atoms with Crippen LogP contribution in [0.5, 0.6) is 5.75 Å². The van der Waals surface area contributed by atoms with Gasteiger partial charge in [-0.15, -0.1) is 0 Å². The number of hydrogen-bond donors (Lipinski definition) is 2. The molecule has 5 nitrogen and oxygen atoms in total. The minimum atomic E-state index is -0.0825. The Labute approximate surface area is 181 Å². The van der Waals surface area contributed by atoms with Gasteiger partial charge < -0.3 is 9.67 Å². The molecule has 0 saturated carbocycles. The van der Waals surface area contributed by atoms with E-state index in [1.54, 1.807) is 6.07 Å². The molecule has 0 fully saturated rings. The third-order valence-electron chi connectivity index (χ3n) is 5.77. The van der Waals surface area contributed by atoms with Crippen LogP contribution in [0.15, 0.2) is 78.9 Å². The normalized spacial score (nSPS) is 12.5. The van der Waals surface area contributed by atoms with E-state index in [1.165, 1.54) is 0 Å². The third kappa shape index (κ3) is 3.53. The number of fused-ring (bicyclic) bond motifs is 2. The summed E-state index contributed by atoms with van der Waals surface area (Å²) in [5.74, 6) is 1.17. The molecule has 2 aromatic heterocycles. The van der Waals surface area contributed by atoms with E-state index >= 15 is 0 Å². The molecular weight excluding hydrogens is 384 g/mol. The van der Waals surface area contributed by atoms with E-state index in [2.05, 4.69) is 52.2 Å². The number of phenolic OH excluding ortho intramolecular Hbond substituents is 1. The molecule has 0 spiro atoms. The van der Waals surface area contributed by atoms with E-state index in [9.17, 15) is 5.11 Å². The van der Waals surface area contributed by atoms with E-state index in [1.807, 2.05) is 49.4 Å². The molecule has 1 atom stereocenters. The maximum atomic E-state index is 10.3. The summed E-state index contributed by atoms with van der Waals surface area (Å²) in [4.78, 5) is 9.47. The SMILES string of the molecule is Cc1ccc2c(CN[C@@H](c3ccccc3)c3nc4ccccc4n3C)ccc(O)c2n1. The molecule has 2 heterocycles. The average Bonchev–Trinajstić information content (AvgIpc) is 3.13. The molecule has 0 bridgehead atoms. The number of pyridine rings is 1. The van der Waals surface area contributed by atoms with Gasteiger partial charge in [0.2, 0.25) is 0 Å². The Hall–Kier alpha value is -3.70. The quantitative estimate of drug-likeness (QED) is 0.429. The molecule has 0 saturated heterocycles. The number of nitrogens with zero attached hydrogens (tertiary/aromatic N) is 3. The van der Waals surface area contributed by atoms with Crippen molar-refractivity contribution in [1.82, 2.24) is 19.9 Å². The fourth-order valence-corrected chi connectivity index (χ4v) is 4.15. The van der Waals surface area contributed by atoms with E-state index in [4.69, 9.17) is 4.98 Å². The monoisotopic (exact) mass is 408 g/mol. The van der Waals surface area contributed by atoms with Gasteiger partial charge in [-0.2, -0.15) is 0 Å². The fourth-order valence-electron chi connectivity index (χ4n) is 4.15. The largest absolute Gasteiger partial charge is 0.506 e. The molecule has 154 valence electrons. The summed E-state index contributed by atoms with van der Waals surface area (Å²) in [6.07, 6.45) is 0. The molecule has 3 aromatic carbocycles. The van der Waals surface area contributed by atoms with Crippen molar-refractivity contribution in [1.29, 1.82) is 0 Å². The summed E-state index contributed by atoms with van der Waals surface area (Å²) < 4.78 is 2.15. The summed E-state index contributed by atoms with van der Waals surface area (Å²) in [7, 11) is 2.06. The van der Waals surface area contributed by atoms with E-state index in [0.717, 1.165) is 39.1 Å². The summed E-state index contributed by atoms with van der Waals surface area (Å²) in [6, 6.07) is 26.2. The van der Waals surface area contributed by atoms with Gasteiger partial charge in [0.15, 0.2) is 0 Å². The molecule has 0 radical (unpaired) electrons. The molecule has 0 aliphatic rings. The number of para-hydroxylation sites is 2. The number of hydrogen-bond acceptors (Lipinski definition) is 4. The number of aromatic hydroxyl groups is 1. The van der Waals surface area contributed by atoms with Crippen LogP contribution >= 0.6 is 0 Å². The van der Waals surface area contributed by atoms with Gasteiger partial charge in [0.25, 0.3) is 0 Å². The van der Waals surface area contributed by atoms with E-state index < -0.39 is 0 Å². The predicted octanol–water partition coefficient (Wildman–Crippen LogP) is 5.01. The Kier molecular flexibility index (Phi) is 4.88. The van der Waals surface area contributed by atoms with Crippen LogP contribution in [0.25, 0.3) is 21.9 Å². The molecule has 0 aliphatic carbocycles. The van der Waals surface area contributed by atoms with Crippen molar-refractivity contribution in [2.45, 2.75) is 19.5 Å². The first-order chi connectivity index (χ1) is 15.1. The maximum Gasteiger partial charge on any atom is 0.141 e. The van der Waals surface area contributed by atoms with Crippen molar-refractivity contribution in [3.63, 3.8) is 0 Å². The summed E-state index contributed by atoms with van der Waals surface area (Å²) in [6.45, 7) is 2.55. The lowest BCUT2D eigenvalue weighted by Gasteiger charge is -2.20. The average molecular weight is 409 g/mol. The van der Waals surface area contributed by atoms with Crippen molar-refractivity contribution in [2.75, 3.05) is 0 Å². The first-order valence-corrected chi connectivity index (χ1v) is 10.4. The Morgan fingerprint density at radius 3 is 2.48 bits per heavy atom. The van der Waals surface area contributed by atoms with Crippen molar-refractivity contribution in [3.8, 4) is 5.75 Å². The summed E-state index contributed by atoms with van der Waals surface area (Å²) in [5.41, 5.74) is 5.85. The van der Waals surface area contributed by atoms with Crippen molar-refractivity contribution in [3.05, 3.63) is 102 Å². The van der Waals surface area contributed by atoms with Gasteiger partial charge in [0.1, 0.15) is 17.1 Å². The molecule has 31 heavy (non-hydrogen) atoms. The maximum absolute atomic E-state index is 10.3. The van der Waals surface area contributed by atoms with Gasteiger partial charge in [-0.25, -0.2) is 9.97 Å². The van der Waals surface area contributed by atoms with Crippen molar-refractivity contribution >= 4 is 21.9 Å². The van der Waals surface area contributed by atoms with Crippen LogP contribution in [-0.4, -0.2) is 19.6 Å². The van der Waals surface area contributed by atoms with Gasteiger partial charge in [-0.3, -0.25) is 5.32 Å². The first kappa shape index (κ1) is 19.3. The Bertz CT molecular complexity index is 1370. The third-order valence-corrected chi connectivity index (χ3v) is 5.77.